The Bertz CT molecular complexity index is 1430. The third-order valence-corrected chi connectivity index (χ3v) is 5.82. The highest BCUT2D eigenvalue weighted by Crippen LogP contribution is 2.36. The molecule has 0 atom stereocenters. The SMILES string of the molecule is CCS/C(=N\C(=O)OC(C)(C)C)NC(=O)c1c(OCc2ccccc2)ccc(C#N)c1-c1cccc(F)c1F. The van der Waals surface area contributed by atoms with Crippen LogP contribution in [0.4, 0.5) is 13.6 Å². The number of rotatable bonds is 6. The summed E-state index contributed by atoms with van der Waals surface area (Å²) >= 11 is 1.06. The molecule has 1 N–H and O–H groups in total. The third kappa shape index (κ3) is 7.88. The minimum Gasteiger partial charge on any atom is -0.488 e. The van der Waals surface area contributed by atoms with Crippen molar-refractivity contribution in [3.05, 3.63) is 89.0 Å². The van der Waals surface area contributed by atoms with E-state index in [0.29, 0.717) is 5.75 Å². The zero-order chi connectivity index (χ0) is 28.6. The van der Waals surface area contributed by atoms with Gasteiger partial charge in [0.25, 0.3) is 5.91 Å². The average molecular weight is 552 g/mol. The number of aliphatic imine (C=N–C) groups is 1. The van der Waals surface area contributed by atoms with E-state index in [4.69, 9.17) is 9.47 Å². The fourth-order valence-corrected chi connectivity index (χ4v) is 4.07. The van der Waals surface area contributed by atoms with Gasteiger partial charge < -0.3 is 14.8 Å². The average Bonchev–Trinajstić information content (AvgIpc) is 2.88. The van der Waals surface area contributed by atoms with E-state index < -0.39 is 29.2 Å². The Morgan fingerprint density at radius 3 is 2.41 bits per heavy atom. The number of hydrogen-bond acceptors (Lipinski definition) is 6. The molecule has 10 heteroatoms. The van der Waals surface area contributed by atoms with E-state index in [1.165, 1.54) is 24.3 Å². The first-order valence-electron chi connectivity index (χ1n) is 12.0. The topological polar surface area (TPSA) is 101 Å². The lowest BCUT2D eigenvalue weighted by Gasteiger charge is -2.19. The highest BCUT2D eigenvalue weighted by atomic mass is 32.2. The minimum atomic E-state index is -1.23. The molecule has 202 valence electrons. The second-order valence-electron chi connectivity index (χ2n) is 9.13. The van der Waals surface area contributed by atoms with Crippen LogP contribution in [0.3, 0.4) is 0 Å². The summed E-state index contributed by atoms with van der Waals surface area (Å²) in [6.45, 7) is 6.87. The molecular formula is C29H27F2N3O4S. The predicted molar refractivity (Wildman–Crippen MR) is 147 cm³/mol. The Kier molecular flexibility index (Phi) is 9.79. The Morgan fingerprint density at radius 2 is 1.77 bits per heavy atom. The summed E-state index contributed by atoms with van der Waals surface area (Å²) in [5, 5.41) is 12.3. The molecule has 0 aliphatic rings. The lowest BCUT2D eigenvalue weighted by Crippen LogP contribution is -2.31. The largest absolute Gasteiger partial charge is 0.488 e. The van der Waals surface area contributed by atoms with Crippen LogP contribution in [-0.4, -0.2) is 28.5 Å². The normalized spacial score (nSPS) is 11.5. The Balaban J connectivity index is 2.14. The number of carbonyl (C=O) groups excluding carboxylic acids is 2. The van der Waals surface area contributed by atoms with E-state index in [2.05, 4.69) is 10.3 Å². The monoisotopic (exact) mass is 551 g/mol. The van der Waals surface area contributed by atoms with Gasteiger partial charge in [0.1, 0.15) is 18.0 Å². The minimum absolute atomic E-state index is 0.0205. The predicted octanol–water partition coefficient (Wildman–Crippen LogP) is 6.86. The van der Waals surface area contributed by atoms with Gasteiger partial charge in [0, 0.05) is 11.1 Å². The molecule has 0 fully saturated rings. The van der Waals surface area contributed by atoms with Crippen molar-refractivity contribution in [3.63, 3.8) is 0 Å². The van der Waals surface area contributed by atoms with Gasteiger partial charge in [-0.2, -0.15) is 10.3 Å². The number of hydrogen-bond donors (Lipinski definition) is 1. The summed E-state index contributed by atoms with van der Waals surface area (Å²) in [6.07, 6.45) is -0.915. The van der Waals surface area contributed by atoms with E-state index in [-0.39, 0.29) is 39.8 Å². The fraction of sp³-hybridized carbons (Fsp3) is 0.241. The Hall–Kier alpha value is -4.23. The van der Waals surface area contributed by atoms with Crippen LogP contribution in [0, 0.1) is 23.0 Å². The number of nitrogens with zero attached hydrogens (tertiary/aromatic N) is 2. The van der Waals surface area contributed by atoms with Crippen LogP contribution in [0.5, 0.6) is 5.75 Å². The van der Waals surface area contributed by atoms with Crippen LogP contribution in [0.25, 0.3) is 11.1 Å². The van der Waals surface area contributed by atoms with Gasteiger partial charge in [-0.3, -0.25) is 4.79 Å². The number of halogens is 2. The Morgan fingerprint density at radius 1 is 1.05 bits per heavy atom. The second kappa shape index (κ2) is 13.0. The summed E-state index contributed by atoms with van der Waals surface area (Å²) in [7, 11) is 0. The van der Waals surface area contributed by atoms with Crippen LogP contribution >= 0.6 is 11.8 Å². The van der Waals surface area contributed by atoms with Crippen molar-refractivity contribution in [3.8, 4) is 22.9 Å². The number of ether oxygens (including phenoxy) is 2. The number of amides is 2. The molecule has 0 radical (unpaired) electrons. The first-order valence-corrected chi connectivity index (χ1v) is 13.0. The fourth-order valence-electron chi connectivity index (χ4n) is 3.49. The van der Waals surface area contributed by atoms with Crippen LogP contribution in [0.1, 0.15) is 49.2 Å². The zero-order valence-electron chi connectivity index (χ0n) is 21.9. The van der Waals surface area contributed by atoms with Crippen molar-refractivity contribution in [2.45, 2.75) is 39.9 Å². The third-order valence-electron chi connectivity index (χ3n) is 5.06. The number of amidine groups is 1. The van der Waals surface area contributed by atoms with E-state index in [9.17, 15) is 23.6 Å². The Labute approximate surface area is 229 Å². The lowest BCUT2D eigenvalue weighted by molar-refractivity contribution is 0.0604. The molecule has 2 amide bonds. The summed E-state index contributed by atoms with van der Waals surface area (Å²) < 4.78 is 40.4. The van der Waals surface area contributed by atoms with Gasteiger partial charge in [0.05, 0.1) is 17.2 Å². The number of nitriles is 1. The van der Waals surface area contributed by atoms with Gasteiger partial charge in [-0.25, -0.2) is 13.6 Å². The maximum atomic E-state index is 15.0. The van der Waals surface area contributed by atoms with Gasteiger partial charge in [-0.05, 0) is 50.3 Å². The molecule has 0 aromatic heterocycles. The van der Waals surface area contributed by atoms with Gasteiger partial charge in [-0.1, -0.05) is 61.2 Å². The molecule has 0 saturated carbocycles. The van der Waals surface area contributed by atoms with Crippen molar-refractivity contribution in [2.24, 2.45) is 4.99 Å². The molecule has 0 aliphatic carbocycles. The molecule has 0 heterocycles. The molecule has 3 aromatic carbocycles. The van der Waals surface area contributed by atoms with Crippen molar-refractivity contribution in [1.82, 2.24) is 5.32 Å². The number of nitrogens with one attached hydrogen (secondary N) is 1. The zero-order valence-corrected chi connectivity index (χ0v) is 22.7. The maximum absolute atomic E-state index is 15.0. The summed E-state index contributed by atoms with van der Waals surface area (Å²) in [5.74, 6) is -2.74. The smallest absolute Gasteiger partial charge is 0.436 e. The van der Waals surface area contributed by atoms with E-state index in [1.807, 2.05) is 36.4 Å². The van der Waals surface area contributed by atoms with Crippen molar-refractivity contribution < 1.29 is 27.8 Å². The second-order valence-corrected chi connectivity index (χ2v) is 10.4. The molecule has 0 spiro atoms. The van der Waals surface area contributed by atoms with E-state index >= 15 is 0 Å². The highest BCUT2D eigenvalue weighted by Gasteiger charge is 2.27. The van der Waals surface area contributed by atoms with Crippen LogP contribution in [0.15, 0.2) is 65.7 Å². The molecule has 3 rings (SSSR count). The number of benzene rings is 3. The van der Waals surface area contributed by atoms with E-state index in [1.54, 1.807) is 27.7 Å². The van der Waals surface area contributed by atoms with Crippen molar-refractivity contribution in [1.29, 1.82) is 5.26 Å². The molecule has 0 aliphatic heterocycles. The summed E-state index contributed by atoms with van der Waals surface area (Å²) in [5.41, 5.74) is -0.769. The number of carbonyl (C=O) groups is 2. The van der Waals surface area contributed by atoms with E-state index in [0.717, 1.165) is 23.4 Å². The van der Waals surface area contributed by atoms with Gasteiger partial charge in [0.2, 0.25) is 0 Å². The molecule has 7 nitrogen and oxygen atoms in total. The van der Waals surface area contributed by atoms with Gasteiger partial charge in [-0.15, -0.1) is 0 Å². The van der Waals surface area contributed by atoms with Crippen molar-refractivity contribution >= 4 is 28.9 Å². The van der Waals surface area contributed by atoms with Gasteiger partial charge in [0.15, 0.2) is 16.8 Å². The summed E-state index contributed by atoms with van der Waals surface area (Å²) in [4.78, 5) is 29.9. The molecule has 39 heavy (non-hydrogen) atoms. The summed E-state index contributed by atoms with van der Waals surface area (Å²) in [6, 6.07) is 17.3. The van der Waals surface area contributed by atoms with Crippen LogP contribution < -0.4 is 10.1 Å². The quantitative estimate of drug-likeness (QED) is 0.265. The highest BCUT2D eigenvalue weighted by molar-refractivity contribution is 8.13. The van der Waals surface area contributed by atoms with Crippen LogP contribution in [0.2, 0.25) is 0 Å². The number of thioether (sulfide) groups is 1. The molecular weight excluding hydrogens is 524 g/mol. The molecule has 0 bridgehead atoms. The first kappa shape index (κ1) is 29.3. The first-order chi connectivity index (χ1) is 18.5. The molecule has 0 saturated heterocycles. The molecule has 0 unspecified atom stereocenters. The lowest BCUT2D eigenvalue weighted by atomic mass is 9.93. The standard InChI is InChI=1S/C29H27F2N3O4S/c1-5-39-27(34-28(36)38-29(2,3)4)33-26(35)24-22(37-17-18-10-7-6-8-11-18)15-14-19(16-32)23(24)20-12-9-13-21(30)25(20)31/h6-15H,5,17H2,1-4H3,(H,33,34,35,36). The molecule has 3 aromatic rings. The van der Waals surface area contributed by atoms with Crippen molar-refractivity contribution in [2.75, 3.05) is 5.75 Å². The van der Waals surface area contributed by atoms with Gasteiger partial charge >= 0.3 is 6.09 Å². The van der Waals surface area contributed by atoms with Crippen LogP contribution in [-0.2, 0) is 11.3 Å². The maximum Gasteiger partial charge on any atom is 0.436 e.